The Hall–Kier alpha value is -2.71. The van der Waals surface area contributed by atoms with Gasteiger partial charge in [-0.1, -0.05) is 12.1 Å². The first-order chi connectivity index (χ1) is 11.2. The second-order valence-electron chi connectivity index (χ2n) is 4.93. The summed E-state index contributed by atoms with van der Waals surface area (Å²) in [7, 11) is 4.84. The Morgan fingerprint density at radius 3 is 2.04 bits per heavy atom. The molecule has 2 aromatic carbocycles. The van der Waals surface area contributed by atoms with Crippen LogP contribution in [0.4, 0.5) is 0 Å². The smallest absolute Gasteiger partial charge is 0.164 e. The number of nitrogens with one attached hydrogen (secondary N) is 1. The molecule has 0 aliphatic heterocycles. The first-order valence-corrected chi connectivity index (χ1v) is 7.20. The molecule has 0 unspecified atom stereocenters. The van der Waals surface area contributed by atoms with Gasteiger partial charge >= 0.3 is 0 Å². The van der Waals surface area contributed by atoms with E-state index in [1.165, 1.54) is 0 Å². The van der Waals surface area contributed by atoms with Crippen molar-refractivity contribution in [2.24, 2.45) is 0 Å². The summed E-state index contributed by atoms with van der Waals surface area (Å²) in [6.07, 6.45) is 0. The zero-order valence-electron chi connectivity index (χ0n) is 13.6. The van der Waals surface area contributed by atoms with Crippen LogP contribution in [0.15, 0.2) is 36.4 Å². The van der Waals surface area contributed by atoms with Gasteiger partial charge in [-0.25, -0.2) is 0 Å². The van der Waals surface area contributed by atoms with Crippen molar-refractivity contribution in [2.75, 3.05) is 21.3 Å². The van der Waals surface area contributed by atoms with Gasteiger partial charge in [0.15, 0.2) is 11.5 Å². The molecule has 5 heteroatoms. The Morgan fingerprint density at radius 1 is 0.870 bits per heavy atom. The molecule has 0 radical (unpaired) electrons. The molecule has 0 atom stereocenters. The van der Waals surface area contributed by atoms with Crippen LogP contribution in [0.1, 0.15) is 16.7 Å². The summed E-state index contributed by atoms with van der Waals surface area (Å²) in [4.78, 5) is 0. The minimum Gasteiger partial charge on any atom is -0.496 e. The second-order valence-corrected chi connectivity index (χ2v) is 4.93. The molecule has 0 saturated heterocycles. The molecule has 23 heavy (non-hydrogen) atoms. The summed E-state index contributed by atoms with van der Waals surface area (Å²) in [6.45, 7) is 1.33. The molecule has 2 rings (SSSR count). The molecule has 0 aliphatic carbocycles. The van der Waals surface area contributed by atoms with Crippen molar-refractivity contribution in [1.82, 2.24) is 5.32 Å². The number of hydrogen-bond acceptors (Lipinski definition) is 5. The zero-order chi connectivity index (χ0) is 16.7. The highest BCUT2D eigenvalue weighted by Crippen LogP contribution is 2.34. The molecule has 1 N–H and O–H groups in total. The lowest BCUT2D eigenvalue weighted by atomic mass is 10.1. The van der Waals surface area contributed by atoms with Crippen LogP contribution in [-0.4, -0.2) is 21.3 Å². The van der Waals surface area contributed by atoms with Crippen LogP contribution in [0.3, 0.4) is 0 Å². The first kappa shape index (κ1) is 16.7. The third-order valence-electron chi connectivity index (χ3n) is 3.51. The molecule has 0 fully saturated rings. The predicted octanol–water partition coefficient (Wildman–Crippen LogP) is 2.87. The van der Waals surface area contributed by atoms with Gasteiger partial charge < -0.3 is 19.5 Å². The summed E-state index contributed by atoms with van der Waals surface area (Å²) < 4.78 is 16.0. The van der Waals surface area contributed by atoms with Crippen LogP contribution in [0.25, 0.3) is 0 Å². The van der Waals surface area contributed by atoms with Gasteiger partial charge in [0, 0.05) is 24.7 Å². The molecule has 0 heterocycles. The van der Waals surface area contributed by atoms with E-state index in [1.807, 2.05) is 36.4 Å². The fourth-order valence-corrected chi connectivity index (χ4v) is 2.27. The Balaban J connectivity index is 2.05. The Kier molecular flexibility index (Phi) is 5.84. The maximum absolute atomic E-state index is 8.80. The van der Waals surface area contributed by atoms with Gasteiger partial charge in [-0.3, -0.25) is 0 Å². The minimum absolute atomic E-state index is 0.629. The molecule has 5 nitrogen and oxygen atoms in total. The number of nitrogens with zero attached hydrogens (tertiary/aromatic N) is 1. The largest absolute Gasteiger partial charge is 0.496 e. The summed E-state index contributed by atoms with van der Waals surface area (Å²) >= 11 is 0. The van der Waals surface area contributed by atoms with E-state index < -0.39 is 0 Å². The Morgan fingerprint density at radius 2 is 1.48 bits per heavy atom. The molecule has 0 aliphatic rings. The van der Waals surface area contributed by atoms with Crippen LogP contribution in [-0.2, 0) is 13.1 Å². The average molecular weight is 312 g/mol. The van der Waals surface area contributed by atoms with Crippen molar-refractivity contribution in [3.63, 3.8) is 0 Å². The van der Waals surface area contributed by atoms with E-state index in [-0.39, 0.29) is 0 Å². The summed E-state index contributed by atoms with van der Waals surface area (Å²) in [5.41, 5.74) is 2.76. The molecule has 0 saturated carbocycles. The molecule has 120 valence electrons. The van der Waals surface area contributed by atoms with Crippen molar-refractivity contribution >= 4 is 0 Å². The average Bonchev–Trinajstić information content (AvgIpc) is 2.61. The third-order valence-corrected chi connectivity index (χ3v) is 3.51. The predicted molar refractivity (Wildman–Crippen MR) is 87.8 cm³/mol. The van der Waals surface area contributed by atoms with Crippen LogP contribution in [0.2, 0.25) is 0 Å². The number of benzene rings is 2. The first-order valence-electron chi connectivity index (χ1n) is 7.20. The molecule has 2 aromatic rings. The maximum Gasteiger partial charge on any atom is 0.164 e. The highest BCUT2D eigenvalue weighted by molar-refractivity contribution is 5.50. The van der Waals surface area contributed by atoms with E-state index in [1.54, 1.807) is 21.3 Å². The number of ether oxygens (including phenoxy) is 3. The van der Waals surface area contributed by atoms with E-state index in [0.29, 0.717) is 30.2 Å². The molecule has 0 bridgehead atoms. The molecule has 0 aromatic heterocycles. The summed E-state index contributed by atoms with van der Waals surface area (Å²) in [5, 5.41) is 12.2. The molecule has 0 amide bonds. The van der Waals surface area contributed by atoms with Crippen LogP contribution < -0.4 is 19.5 Å². The van der Waals surface area contributed by atoms with Gasteiger partial charge in [0.1, 0.15) is 5.75 Å². The molecular formula is C18H20N2O3. The summed E-state index contributed by atoms with van der Waals surface area (Å²) in [5.74, 6) is 2.05. The van der Waals surface area contributed by atoms with Crippen molar-refractivity contribution in [3.05, 3.63) is 53.1 Å². The standard InChI is InChI=1S/C18H20N2O3/c1-21-16-9-18(23-3)17(22-2)8-15(16)12-20-11-14-6-4-13(10-19)5-7-14/h4-9,20H,11-12H2,1-3H3. The van der Waals surface area contributed by atoms with Crippen molar-refractivity contribution in [1.29, 1.82) is 5.26 Å². The number of methoxy groups -OCH3 is 3. The van der Waals surface area contributed by atoms with Gasteiger partial charge in [0.05, 0.1) is 33.0 Å². The van der Waals surface area contributed by atoms with Crippen molar-refractivity contribution in [2.45, 2.75) is 13.1 Å². The summed E-state index contributed by atoms with van der Waals surface area (Å²) in [6, 6.07) is 13.3. The fourth-order valence-electron chi connectivity index (χ4n) is 2.27. The highest BCUT2D eigenvalue weighted by atomic mass is 16.5. The van der Waals surface area contributed by atoms with Gasteiger partial charge in [0.2, 0.25) is 0 Å². The van der Waals surface area contributed by atoms with Gasteiger partial charge in [-0.15, -0.1) is 0 Å². The number of rotatable bonds is 7. The van der Waals surface area contributed by atoms with E-state index >= 15 is 0 Å². The zero-order valence-corrected chi connectivity index (χ0v) is 13.6. The number of hydrogen-bond donors (Lipinski definition) is 1. The molecule has 0 spiro atoms. The normalized spacial score (nSPS) is 10.0. The monoisotopic (exact) mass is 312 g/mol. The van der Waals surface area contributed by atoms with Gasteiger partial charge in [0.25, 0.3) is 0 Å². The Labute approximate surface area is 136 Å². The van der Waals surface area contributed by atoms with Crippen molar-refractivity contribution < 1.29 is 14.2 Å². The van der Waals surface area contributed by atoms with E-state index in [4.69, 9.17) is 19.5 Å². The maximum atomic E-state index is 8.80. The number of nitriles is 1. The van der Waals surface area contributed by atoms with E-state index in [9.17, 15) is 0 Å². The van der Waals surface area contributed by atoms with Crippen molar-refractivity contribution in [3.8, 4) is 23.3 Å². The van der Waals surface area contributed by atoms with Gasteiger partial charge in [-0.05, 0) is 23.8 Å². The van der Waals surface area contributed by atoms with E-state index in [2.05, 4.69) is 11.4 Å². The van der Waals surface area contributed by atoms with Crippen LogP contribution in [0, 0.1) is 11.3 Å². The van der Waals surface area contributed by atoms with Crippen LogP contribution >= 0.6 is 0 Å². The highest BCUT2D eigenvalue weighted by Gasteiger charge is 2.11. The lowest BCUT2D eigenvalue weighted by Gasteiger charge is -2.14. The lowest BCUT2D eigenvalue weighted by molar-refractivity contribution is 0.347. The van der Waals surface area contributed by atoms with E-state index in [0.717, 1.165) is 16.9 Å². The lowest BCUT2D eigenvalue weighted by Crippen LogP contribution is -2.13. The minimum atomic E-state index is 0.629. The Bertz CT molecular complexity index is 691. The van der Waals surface area contributed by atoms with Crippen LogP contribution in [0.5, 0.6) is 17.2 Å². The topological polar surface area (TPSA) is 63.5 Å². The third kappa shape index (κ3) is 4.15. The fraction of sp³-hybridized carbons (Fsp3) is 0.278. The quantitative estimate of drug-likeness (QED) is 0.851. The van der Waals surface area contributed by atoms with Gasteiger partial charge in [-0.2, -0.15) is 5.26 Å². The SMILES string of the molecule is COc1cc(OC)c(OC)cc1CNCc1ccc(C#N)cc1. The second kappa shape index (κ2) is 8.06. The molecular weight excluding hydrogens is 292 g/mol.